The summed E-state index contributed by atoms with van der Waals surface area (Å²) >= 11 is 4.02. The van der Waals surface area contributed by atoms with Gasteiger partial charge >= 0.3 is 0 Å². The van der Waals surface area contributed by atoms with Gasteiger partial charge in [0, 0.05) is 10.6 Å². The van der Waals surface area contributed by atoms with Crippen LogP contribution in [0.3, 0.4) is 0 Å². The lowest BCUT2D eigenvalue weighted by atomic mass is 10.00. The molecule has 1 saturated heterocycles. The van der Waals surface area contributed by atoms with Crippen molar-refractivity contribution in [3.05, 3.63) is 15.6 Å². The molecule has 3 rings (SSSR count). The second kappa shape index (κ2) is 4.31. The van der Waals surface area contributed by atoms with E-state index >= 15 is 0 Å². The molecule has 0 aromatic carbocycles. The maximum Gasteiger partial charge on any atom is 0.114 e. The largest absolute Gasteiger partial charge is 0.308 e. The molecular formula is C12H18N2S2. The highest BCUT2D eigenvalue weighted by atomic mass is 32.2. The van der Waals surface area contributed by atoms with Gasteiger partial charge in [0.1, 0.15) is 5.01 Å². The van der Waals surface area contributed by atoms with E-state index in [2.05, 4.69) is 24.1 Å². The number of aryl methyl sites for hydroxylation is 2. The molecule has 0 radical (unpaired) electrons. The van der Waals surface area contributed by atoms with Crippen LogP contribution in [0.25, 0.3) is 0 Å². The molecule has 1 aromatic rings. The Bertz CT molecular complexity index is 357. The first kappa shape index (κ1) is 11.1. The molecule has 1 atom stereocenters. The topological polar surface area (TPSA) is 24.9 Å². The molecule has 2 aliphatic rings. The van der Waals surface area contributed by atoms with Crippen molar-refractivity contribution in [2.75, 3.05) is 18.6 Å². The highest BCUT2D eigenvalue weighted by Gasteiger charge is 2.38. The molecule has 4 heteroatoms. The van der Waals surface area contributed by atoms with Crippen molar-refractivity contribution < 1.29 is 0 Å². The third-order valence-corrected chi connectivity index (χ3v) is 6.31. The van der Waals surface area contributed by atoms with Crippen molar-refractivity contribution in [3.63, 3.8) is 0 Å². The van der Waals surface area contributed by atoms with Gasteiger partial charge in [-0.15, -0.1) is 11.3 Å². The van der Waals surface area contributed by atoms with Crippen LogP contribution in [0.15, 0.2) is 0 Å². The van der Waals surface area contributed by atoms with E-state index in [4.69, 9.17) is 4.98 Å². The summed E-state index contributed by atoms with van der Waals surface area (Å²) in [6.45, 7) is 0. The third kappa shape index (κ3) is 1.71. The number of fused-ring (bicyclic) bond motifs is 1. The molecule has 2 heterocycles. The number of aromatic nitrogens is 1. The zero-order chi connectivity index (χ0) is 11.0. The number of thioether (sulfide) groups is 1. The number of thiazole rings is 1. The molecule has 1 fully saturated rings. The lowest BCUT2D eigenvalue weighted by Gasteiger charge is -2.24. The molecule has 0 spiro atoms. The monoisotopic (exact) mass is 254 g/mol. The second-order valence-electron chi connectivity index (χ2n) is 4.73. The van der Waals surface area contributed by atoms with Gasteiger partial charge in [-0.1, -0.05) is 0 Å². The fourth-order valence-electron chi connectivity index (χ4n) is 2.59. The number of hydrogen-bond donors (Lipinski definition) is 1. The molecule has 1 N–H and O–H groups in total. The number of nitrogens with zero attached hydrogens (tertiary/aromatic N) is 1. The van der Waals surface area contributed by atoms with E-state index < -0.39 is 0 Å². The van der Waals surface area contributed by atoms with Crippen LogP contribution in [0.1, 0.15) is 34.8 Å². The number of hydrogen-bond acceptors (Lipinski definition) is 4. The Hall–Kier alpha value is -0.0600. The summed E-state index contributed by atoms with van der Waals surface area (Å²) in [6, 6.07) is 0. The minimum absolute atomic E-state index is 0.187. The Morgan fingerprint density at radius 2 is 2.19 bits per heavy atom. The van der Waals surface area contributed by atoms with Crippen molar-refractivity contribution in [3.8, 4) is 0 Å². The van der Waals surface area contributed by atoms with Crippen molar-refractivity contribution in [2.45, 2.75) is 37.6 Å². The van der Waals surface area contributed by atoms with Gasteiger partial charge in [-0.05, 0) is 44.9 Å². The van der Waals surface area contributed by atoms with Crippen LogP contribution in [0.4, 0.5) is 0 Å². The van der Waals surface area contributed by atoms with Gasteiger partial charge in [0.05, 0.1) is 11.2 Å². The zero-order valence-electron chi connectivity index (χ0n) is 9.71. The minimum Gasteiger partial charge on any atom is -0.308 e. The van der Waals surface area contributed by atoms with E-state index in [1.165, 1.54) is 54.3 Å². The Kier molecular flexibility index (Phi) is 2.98. The maximum absolute atomic E-state index is 4.92. The maximum atomic E-state index is 4.92. The Morgan fingerprint density at radius 3 is 2.88 bits per heavy atom. The van der Waals surface area contributed by atoms with Gasteiger partial charge in [-0.3, -0.25) is 0 Å². The van der Waals surface area contributed by atoms with Gasteiger partial charge in [-0.25, -0.2) is 4.98 Å². The quantitative estimate of drug-likeness (QED) is 0.878. The first-order valence-corrected chi connectivity index (χ1v) is 8.07. The summed E-state index contributed by atoms with van der Waals surface area (Å²) in [5, 5.41) is 4.88. The molecule has 0 bridgehead atoms. The van der Waals surface area contributed by atoms with E-state index in [1.54, 1.807) is 4.88 Å². The lowest BCUT2D eigenvalue weighted by molar-refractivity contribution is 0.409. The predicted molar refractivity (Wildman–Crippen MR) is 71.4 cm³/mol. The van der Waals surface area contributed by atoms with Crippen molar-refractivity contribution >= 4 is 23.1 Å². The average molecular weight is 254 g/mol. The van der Waals surface area contributed by atoms with Gasteiger partial charge in [-0.2, -0.15) is 11.8 Å². The standard InChI is InChI=1S/C12H18N2S2/c1-13-12(6-7-15-8-12)11-14-9-4-2-3-5-10(9)16-11/h13H,2-8H2,1H3. The van der Waals surface area contributed by atoms with E-state index in [9.17, 15) is 0 Å². The summed E-state index contributed by atoms with van der Waals surface area (Å²) in [6.07, 6.45) is 6.40. The Labute approximate surface area is 105 Å². The van der Waals surface area contributed by atoms with Crippen molar-refractivity contribution in [2.24, 2.45) is 0 Å². The van der Waals surface area contributed by atoms with Crippen LogP contribution in [-0.2, 0) is 18.4 Å². The van der Waals surface area contributed by atoms with E-state index in [1.807, 2.05) is 11.3 Å². The highest BCUT2D eigenvalue weighted by Crippen LogP contribution is 2.40. The van der Waals surface area contributed by atoms with Crippen LogP contribution in [0.2, 0.25) is 0 Å². The van der Waals surface area contributed by atoms with Crippen molar-refractivity contribution in [1.29, 1.82) is 0 Å². The fourth-order valence-corrected chi connectivity index (χ4v) is 5.47. The normalized spacial score (nSPS) is 29.3. The molecule has 1 unspecified atom stereocenters. The molecule has 88 valence electrons. The number of rotatable bonds is 2. The summed E-state index contributed by atoms with van der Waals surface area (Å²) in [4.78, 5) is 6.48. The highest BCUT2D eigenvalue weighted by molar-refractivity contribution is 7.99. The molecule has 1 aliphatic heterocycles. The Balaban J connectivity index is 1.96. The molecule has 0 amide bonds. The van der Waals surface area contributed by atoms with E-state index in [-0.39, 0.29) is 5.54 Å². The first-order valence-electron chi connectivity index (χ1n) is 6.10. The zero-order valence-corrected chi connectivity index (χ0v) is 11.3. The predicted octanol–water partition coefficient (Wildman–Crippen LogP) is 2.57. The summed E-state index contributed by atoms with van der Waals surface area (Å²) in [7, 11) is 2.09. The van der Waals surface area contributed by atoms with Gasteiger partial charge < -0.3 is 5.32 Å². The van der Waals surface area contributed by atoms with E-state index in [0.29, 0.717) is 0 Å². The van der Waals surface area contributed by atoms with Crippen LogP contribution in [0, 0.1) is 0 Å². The molecule has 1 aromatic heterocycles. The third-order valence-electron chi connectivity index (χ3n) is 3.76. The molecular weight excluding hydrogens is 236 g/mol. The summed E-state index contributed by atoms with van der Waals surface area (Å²) in [5.74, 6) is 2.46. The lowest BCUT2D eigenvalue weighted by Crippen LogP contribution is -2.39. The average Bonchev–Trinajstić information content (AvgIpc) is 2.96. The summed E-state index contributed by atoms with van der Waals surface area (Å²) < 4.78 is 0. The molecule has 2 nitrogen and oxygen atoms in total. The molecule has 16 heavy (non-hydrogen) atoms. The van der Waals surface area contributed by atoms with Crippen LogP contribution in [0.5, 0.6) is 0 Å². The minimum atomic E-state index is 0.187. The SMILES string of the molecule is CNC1(c2nc3c(s2)CCCC3)CCSC1. The van der Waals surface area contributed by atoms with Gasteiger partial charge in [0.25, 0.3) is 0 Å². The fraction of sp³-hybridized carbons (Fsp3) is 0.750. The van der Waals surface area contributed by atoms with Crippen LogP contribution < -0.4 is 5.32 Å². The first-order chi connectivity index (χ1) is 7.84. The Morgan fingerprint density at radius 1 is 1.31 bits per heavy atom. The van der Waals surface area contributed by atoms with Gasteiger partial charge in [0.2, 0.25) is 0 Å². The van der Waals surface area contributed by atoms with Crippen LogP contribution >= 0.6 is 23.1 Å². The van der Waals surface area contributed by atoms with Gasteiger partial charge in [0.15, 0.2) is 0 Å². The molecule has 1 aliphatic carbocycles. The smallest absolute Gasteiger partial charge is 0.114 e. The van der Waals surface area contributed by atoms with E-state index in [0.717, 1.165) is 0 Å². The number of nitrogens with one attached hydrogen (secondary N) is 1. The summed E-state index contributed by atoms with van der Waals surface area (Å²) in [5.41, 5.74) is 1.59. The van der Waals surface area contributed by atoms with Crippen LogP contribution in [-0.4, -0.2) is 23.5 Å². The molecule has 0 saturated carbocycles. The second-order valence-corrected chi connectivity index (χ2v) is 6.92. The van der Waals surface area contributed by atoms with Crippen molar-refractivity contribution in [1.82, 2.24) is 10.3 Å².